The lowest BCUT2D eigenvalue weighted by atomic mass is 9.82. The third-order valence-corrected chi connectivity index (χ3v) is 5.92. The number of hydrogen-bond acceptors (Lipinski definition) is 4. The Labute approximate surface area is 131 Å². The van der Waals surface area contributed by atoms with Gasteiger partial charge in [0.15, 0.2) is 0 Å². The molecule has 2 aliphatic heterocycles. The summed E-state index contributed by atoms with van der Waals surface area (Å²) in [7, 11) is 0. The molecule has 3 unspecified atom stereocenters. The summed E-state index contributed by atoms with van der Waals surface area (Å²) in [6.07, 6.45) is 2.59. The molecule has 1 N–H and O–H groups in total. The highest BCUT2D eigenvalue weighted by atomic mass is 32.2. The molecule has 1 spiro atoms. The van der Waals surface area contributed by atoms with Gasteiger partial charge in [-0.3, -0.25) is 0 Å². The van der Waals surface area contributed by atoms with Crippen molar-refractivity contribution in [3.63, 3.8) is 0 Å². The number of ether oxygens (including phenoxy) is 2. The van der Waals surface area contributed by atoms with Gasteiger partial charge in [0.2, 0.25) is 0 Å². The third-order valence-electron chi connectivity index (χ3n) is 4.65. The lowest BCUT2D eigenvalue weighted by molar-refractivity contribution is -0.113. The van der Waals surface area contributed by atoms with Gasteiger partial charge < -0.3 is 14.6 Å². The number of benzene rings is 1. The van der Waals surface area contributed by atoms with Crippen LogP contribution in [0.15, 0.2) is 29.2 Å². The van der Waals surface area contributed by atoms with E-state index < -0.39 is 0 Å². The van der Waals surface area contributed by atoms with Crippen LogP contribution in [0, 0.1) is 12.8 Å². The van der Waals surface area contributed by atoms with Crippen LogP contribution in [0.4, 0.5) is 0 Å². The van der Waals surface area contributed by atoms with Gasteiger partial charge in [-0.2, -0.15) is 0 Å². The fraction of sp³-hybridized carbons (Fsp3) is 0.647. The molecular formula is C17H24O3S. The van der Waals surface area contributed by atoms with Crippen molar-refractivity contribution in [3.8, 4) is 0 Å². The highest BCUT2D eigenvalue weighted by molar-refractivity contribution is 7.99. The van der Waals surface area contributed by atoms with Gasteiger partial charge in [0.05, 0.1) is 18.3 Å². The molecule has 2 fully saturated rings. The van der Waals surface area contributed by atoms with Crippen LogP contribution in [0.2, 0.25) is 0 Å². The van der Waals surface area contributed by atoms with E-state index in [0.717, 1.165) is 38.2 Å². The molecule has 2 saturated heterocycles. The number of aliphatic hydroxyl groups excluding tert-OH is 1. The van der Waals surface area contributed by atoms with Gasteiger partial charge in [-0.25, -0.2) is 0 Å². The van der Waals surface area contributed by atoms with Crippen LogP contribution in [0.25, 0.3) is 0 Å². The minimum absolute atomic E-state index is 0.114. The zero-order valence-electron chi connectivity index (χ0n) is 12.6. The molecule has 4 heteroatoms. The molecule has 3 rings (SSSR count). The average Bonchev–Trinajstić information content (AvgIpc) is 2.94. The summed E-state index contributed by atoms with van der Waals surface area (Å²) in [6, 6.07) is 8.36. The molecule has 3 atom stereocenters. The average molecular weight is 308 g/mol. The predicted molar refractivity (Wildman–Crippen MR) is 84.8 cm³/mol. The molecule has 3 nitrogen and oxygen atoms in total. The van der Waals surface area contributed by atoms with E-state index in [9.17, 15) is 5.11 Å². The van der Waals surface area contributed by atoms with Gasteiger partial charge in [0.25, 0.3) is 0 Å². The first-order chi connectivity index (χ1) is 10.2. The highest BCUT2D eigenvalue weighted by Crippen LogP contribution is 2.38. The topological polar surface area (TPSA) is 38.7 Å². The van der Waals surface area contributed by atoms with Gasteiger partial charge >= 0.3 is 0 Å². The summed E-state index contributed by atoms with van der Waals surface area (Å²) in [5.41, 5.74) is 1.17. The molecule has 0 bridgehead atoms. The van der Waals surface area contributed by atoms with E-state index in [4.69, 9.17) is 9.47 Å². The van der Waals surface area contributed by atoms with Crippen molar-refractivity contribution in [2.75, 3.05) is 25.6 Å². The van der Waals surface area contributed by atoms with Crippen molar-refractivity contribution < 1.29 is 14.6 Å². The zero-order valence-corrected chi connectivity index (χ0v) is 13.4. The summed E-state index contributed by atoms with van der Waals surface area (Å²) in [4.78, 5) is 1.27. The number of aryl methyl sites for hydroxylation is 1. The minimum atomic E-state index is -0.268. The molecule has 2 aliphatic rings. The Morgan fingerprint density at radius 3 is 3.00 bits per heavy atom. The van der Waals surface area contributed by atoms with E-state index in [-0.39, 0.29) is 11.7 Å². The molecule has 0 radical (unpaired) electrons. The SMILES string of the molecule is Cc1ccccc1SCC(O)C1CCOC2(CCOC2)C1. The predicted octanol–water partition coefficient (Wildman–Crippen LogP) is 3.03. The van der Waals surface area contributed by atoms with Crippen LogP contribution in [0.3, 0.4) is 0 Å². The quantitative estimate of drug-likeness (QED) is 0.868. The maximum atomic E-state index is 10.6. The molecule has 116 valence electrons. The van der Waals surface area contributed by atoms with Gasteiger partial charge in [0.1, 0.15) is 0 Å². The molecule has 0 aliphatic carbocycles. The molecule has 0 amide bonds. The third kappa shape index (κ3) is 3.62. The van der Waals surface area contributed by atoms with Gasteiger partial charge in [0, 0.05) is 30.3 Å². The van der Waals surface area contributed by atoms with Crippen LogP contribution < -0.4 is 0 Å². The molecule has 0 aromatic heterocycles. The first-order valence-electron chi connectivity index (χ1n) is 7.77. The van der Waals surface area contributed by atoms with Gasteiger partial charge in [-0.15, -0.1) is 11.8 Å². The standard InChI is InChI=1S/C17H24O3S/c1-13-4-2-3-5-16(13)21-11-15(18)14-6-8-20-17(10-14)7-9-19-12-17/h2-5,14-15,18H,6-12H2,1H3. The summed E-state index contributed by atoms with van der Waals surface area (Å²) in [6.45, 7) is 4.36. The maximum absolute atomic E-state index is 10.6. The second-order valence-electron chi connectivity index (χ2n) is 6.23. The molecule has 21 heavy (non-hydrogen) atoms. The van der Waals surface area contributed by atoms with E-state index in [1.807, 2.05) is 0 Å². The van der Waals surface area contributed by atoms with E-state index >= 15 is 0 Å². The monoisotopic (exact) mass is 308 g/mol. The van der Waals surface area contributed by atoms with Crippen molar-refractivity contribution in [1.29, 1.82) is 0 Å². The Morgan fingerprint density at radius 1 is 1.38 bits per heavy atom. The fourth-order valence-corrected chi connectivity index (χ4v) is 4.38. The Balaban J connectivity index is 1.55. The smallest absolute Gasteiger partial charge is 0.0940 e. The van der Waals surface area contributed by atoms with E-state index in [2.05, 4.69) is 31.2 Å². The Morgan fingerprint density at radius 2 is 2.24 bits per heavy atom. The summed E-state index contributed by atoms with van der Waals surface area (Å²) in [5, 5.41) is 10.6. The van der Waals surface area contributed by atoms with Crippen molar-refractivity contribution in [1.82, 2.24) is 0 Å². The van der Waals surface area contributed by atoms with Gasteiger partial charge in [-0.1, -0.05) is 18.2 Å². The Hall–Kier alpha value is -0.550. The summed E-state index contributed by atoms with van der Waals surface area (Å²) >= 11 is 1.76. The lowest BCUT2D eigenvalue weighted by Gasteiger charge is -2.38. The molecule has 1 aromatic rings. The number of aliphatic hydroxyl groups is 1. The summed E-state index contributed by atoms with van der Waals surface area (Å²) in [5.74, 6) is 1.09. The van der Waals surface area contributed by atoms with Crippen LogP contribution in [0.1, 0.15) is 24.8 Å². The van der Waals surface area contributed by atoms with E-state index in [0.29, 0.717) is 12.5 Å². The fourth-order valence-electron chi connectivity index (χ4n) is 3.29. The van der Waals surface area contributed by atoms with Crippen molar-refractivity contribution in [2.45, 2.75) is 42.8 Å². The first-order valence-corrected chi connectivity index (χ1v) is 8.75. The first kappa shape index (κ1) is 15.3. The zero-order chi connectivity index (χ0) is 14.7. The normalized spacial score (nSPS) is 30.7. The van der Waals surface area contributed by atoms with Crippen LogP contribution >= 0.6 is 11.8 Å². The summed E-state index contributed by atoms with van der Waals surface area (Å²) < 4.78 is 11.4. The van der Waals surface area contributed by atoms with Crippen LogP contribution in [0.5, 0.6) is 0 Å². The largest absolute Gasteiger partial charge is 0.392 e. The molecular weight excluding hydrogens is 284 g/mol. The van der Waals surface area contributed by atoms with Crippen LogP contribution in [-0.4, -0.2) is 42.4 Å². The number of hydrogen-bond donors (Lipinski definition) is 1. The Bertz CT molecular complexity index is 471. The number of thioether (sulfide) groups is 1. The Kier molecular flexibility index (Phi) is 4.89. The molecule has 0 saturated carbocycles. The lowest BCUT2D eigenvalue weighted by Crippen LogP contribution is -2.44. The van der Waals surface area contributed by atoms with Crippen molar-refractivity contribution in [3.05, 3.63) is 29.8 Å². The van der Waals surface area contributed by atoms with E-state index in [1.54, 1.807) is 11.8 Å². The minimum Gasteiger partial charge on any atom is -0.392 e. The van der Waals surface area contributed by atoms with E-state index in [1.165, 1.54) is 10.5 Å². The van der Waals surface area contributed by atoms with Gasteiger partial charge in [-0.05, 0) is 37.3 Å². The second-order valence-corrected chi connectivity index (χ2v) is 7.29. The second kappa shape index (κ2) is 6.69. The van der Waals surface area contributed by atoms with Crippen LogP contribution in [-0.2, 0) is 9.47 Å². The van der Waals surface area contributed by atoms with Crippen molar-refractivity contribution >= 4 is 11.8 Å². The van der Waals surface area contributed by atoms with Crippen molar-refractivity contribution in [2.24, 2.45) is 5.92 Å². The molecule has 1 aromatic carbocycles. The molecule has 2 heterocycles. The highest BCUT2D eigenvalue weighted by Gasteiger charge is 2.42. The number of rotatable bonds is 4. The maximum Gasteiger partial charge on any atom is 0.0940 e.